The second kappa shape index (κ2) is 9.28. The van der Waals surface area contributed by atoms with E-state index in [1.807, 2.05) is 54.1 Å². The summed E-state index contributed by atoms with van der Waals surface area (Å²) in [6, 6.07) is 13.3. The molecule has 0 spiro atoms. The topological polar surface area (TPSA) is 60.2 Å². The Hall–Kier alpha value is -2.90. The van der Waals surface area contributed by atoms with E-state index in [4.69, 9.17) is 16.3 Å². The number of hydrogen-bond donors (Lipinski definition) is 0. The van der Waals surface area contributed by atoms with Gasteiger partial charge in [-0.2, -0.15) is 0 Å². The van der Waals surface area contributed by atoms with Gasteiger partial charge in [-0.1, -0.05) is 47.2 Å². The van der Waals surface area contributed by atoms with Gasteiger partial charge in [-0.05, 0) is 37.1 Å². The first-order chi connectivity index (χ1) is 14.6. The Kier molecular flexibility index (Phi) is 6.30. The molecule has 0 unspecified atom stereocenters. The molecule has 0 radical (unpaired) electrons. The molecule has 6 nitrogen and oxygen atoms in total. The maximum Gasteiger partial charge on any atom is 0.266 e. The average Bonchev–Trinajstić information content (AvgIpc) is 3.41. The van der Waals surface area contributed by atoms with E-state index in [-0.39, 0.29) is 12.5 Å². The van der Waals surface area contributed by atoms with Gasteiger partial charge in [-0.25, -0.2) is 9.97 Å². The first kappa shape index (κ1) is 20.4. The molecule has 8 heteroatoms. The first-order valence-corrected chi connectivity index (χ1v) is 10.8. The lowest BCUT2D eigenvalue weighted by Crippen LogP contribution is -2.36. The smallest absolute Gasteiger partial charge is 0.266 e. The highest BCUT2D eigenvalue weighted by Gasteiger charge is 2.21. The summed E-state index contributed by atoms with van der Waals surface area (Å²) in [6.07, 6.45) is 6.18. The number of aryl methyl sites for hydroxylation is 2. The lowest BCUT2D eigenvalue weighted by atomic mass is 10.2. The van der Waals surface area contributed by atoms with Crippen molar-refractivity contribution in [3.05, 3.63) is 71.8 Å². The van der Waals surface area contributed by atoms with Crippen LogP contribution in [0, 0.1) is 6.92 Å². The van der Waals surface area contributed by atoms with Crippen LogP contribution >= 0.6 is 22.9 Å². The van der Waals surface area contributed by atoms with E-state index >= 15 is 0 Å². The zero-order valence-corrected chi connectivity index (χ0v) is 18.1. The molecule has 0 aliphatic rings. The predicted octanol–water partition coefficient (Wildman–Crippen LogP) is 4.96. The summed E-state index contributed by atoms with van der Waals surface area (Å²) >= 11 is 7.75. The minimum Gasteiger partial charge on any atom is -0.483 e. The van der Waals surface area contributed by atoms with Gasteiger partial charge in [-0.15, -0.1) is 0 Å². The second-order valence-corrected chi connectivity index (χ2v) is 8.25. The molecule has 30 heavy (non-hydrogen) atoms. The van der Waals surface area contributed by atoms with Crippen LogP contribution in [0.1, 0.15) is 12.0 Å². The van der Waals surface area contributed by atoms with Crippen molar-refractivity contribution in [1.29, 1.82) is 0 Å². The van der Waals surface area contributed by atoms with Crippen molar-refractivity contribution in [1.82, 2.24) is 14.5 Å². The van der Waals surface area contributed by atoms with E-state index in [1.165, 1.54) is 11.3 Å². The van der Waals surface area contributed by atoms with Crippen molar-refractivity contribution in [2.45, 2.75) is 19.9 Å². The monoisotopic (exact) mass is 440 g/mol. The van der Waals surface area contributed by atoms with E-state index in [1.54, 1.807) is 23.5 Å². The number of ether oxygens (including phenoxy) is 1. The number of amides is 1. The molecule has 2 heterocycles. The Balaban J connectivity index is 1.53. The number of imidazole rings is 1. The van der Waals surface area contributed by atoms with Crippen molar-refractivity contribution in [3.63, 3.8) is 0 Å². The van der Waals surface area contributed by atoms with Crippen molar-refractivity contribution < 1.29 is 9.53 Å². The molecule has 0 aliphatic carbocycles. The Morgan fingerprint density at radius 1 is 1.23 bits per heavy atom. The second-order valence-electron chi connectivity index (χ2n) is 6.84. The number of halogens is 1. The van der Waals surface area contributed by atoms with Gasteiger partial charge in [0.2, 0.25) is 0 Å². The molecule has 1 amide bonds. The molecule has 0 saturated heterocycles. The lowest BCUT2D eigenvalue weighted by Gasteiger charge is -2.20. The van der Waals surface area contributed by atoms with Crippen LogP contribution in [0.5, 0.6) is 5.75 Å². The number of para-hydroxylation sites is 2. The van der Waals surface area contributed by atoms with Crippen LogP contribution in [-0.2, 0) is 11.3 Å². The molecule has 4 rings (SSSR count). The molecule has 154 valence electrons. The van der Waals surface area contributed by atoms with Gasteiger partial charge in [0.25, 0.3) is 5.91 Å². The first-order valence-electron chi connectivity index (χ1n) is 9.61. The van der Waals surface area contributed by atoms with Crippen LogP contribution < -0.4 is 9.64 Å². The van der Waals surface area contributed by atoms with E-state index in [0.717, 1.165) is 23.2 Å². The summed E-state index contributed by atoms with van der Waals surface area (Å²) < 4.78 is 8.73. The zero-order chi connectivity index (χ0) is 20.9. The standard InChI is InChI=1S/C22H21ClN4O2S/c1-16-6-2-3-8-18(16)29-14-20(28)27(12-5-11-26-13-10-24-15-26)22-25-21-17(23)7-4-9-19(21)30-22/h2-4,6-10,13,15H,5,11-12,14H2,1H3. The van der Waals surface area contributed by atoms with Crippen molar-refractivity contribution in [3.8, 4) is 5.75 Å². The van der Waals surface area contributed by atoms with Crippen LogP contribution in [0.15, 0.2) is 61.2 Å². The van der Waals surface area contributed by atoms with Crippen LogP contribution in [-0.4, -0.2) is 33.6 Å². The summed E-state index contributed by atoms with van der Waals surface area (Å²) in [5.41, 5.74) is 1.70. The highest BCUT2D eigenvalue weighted by Crippen LogP contribution is 2.33. The van der Waals surface area contributed by atoms with Crippen molar-refractivity contribution >= 4 is 44.2 Å². The predicted molar refractivity (Wildman–Crippen MR) is 121 cm³/mol. The van der Waals surface area contributed by atoms with Crippen LogP contribution in [0.4, 0.5) is 5.13 Å². The highest BCUT2D eigenvalue weighted by atomic mass is 35.5. The maximum absolute atomic E-state index is 13.1. The molecule has 2 aromatic carbocycles. The SMILES string of the molecule is Cc1ccccc1OCC(=O)N(CCCn1ccnc1)c1nc2c(Cl)cccc2s1. The fraction of sp³-hybridized carbons (Fsp3) is 0.227. The summed E-state index contributed by atoms with van der Waals surface area (Å²) in [7, 11) is 0. The van der Waals surface area contributed by atoms with E-state index in [0.29, 0.717) is 28.0 Å². The number of benzene rings is 2. The number of anilines is 1. The van der Waals surface area contributed by atoms with Gasteiger partial charge in [0.15, 0.2) is 11.7 Å². The van der Waals surface area contributed by atoms with E-state index in [9.17, 15) is 4.79 Å². The van der Waals surface area contributed by atoms with E-state index in [2.05, 4.69) is 9.97 Å². The maximum atomic E-state index is 13.1. The third-order valence-electron chi connectivity index (χ3n) is 4.69. The minimum absolute atomic E-state index is 0.0560. The highest BCUT2D eigenvalue weighted by molar-refractivity contribution is 7.22. The van der Waals surface area contributed by atoms with Gasteiger partial charge in [0.1, 0.15) is 11.3 Å². The van der Waals surface area contributed by atoms with Crippen LogP contribution in [0.2, 0.25) is 5.02 Å². The molecular weight excluding hydrogens is 420 g/mol. The lowest BCUT2D eigenvalue weighted by molar-refractivity contribution is -0.120. The van der Waals surface area contributed by atoms with E-state index < -0.39 is 0 Å². The number of aromatic nitrogens is 3. The minimum atomic E-state index is -0.140. The quantitative estimate of drug-likeness (QED) is 0.388. The molecule has 0 N–H and O–H groups in total. The fourth-order valence-electron chi connectivity index (χ4n) is 3.11. The third-order valence-corrected chi connectivity index (χ3v) is 6.04. The molecule has 0 bridgehead atoms. The number of rotatable bonds is 8. The average molecular weight is 441 g/mol. The molecule has 0 saturated carbocycles. The van der Waals surface area contributed by atoms with Gasteiger partial charge < -0.3 is 9.30 Å². The molecule has 2 aromatic heterocycles. The summed E-state index contributed by atoms with van der Waals surface area (Å²) in [4.78, 5) is 23.5. The third kappa shape index (κ3) is 4.63. The molecule has 4 aromatic rings. The zero-order valence-electron chi connectivity index (χ0n) is 16.5. The Labute approximate surface area is 183 Å². The number of hydrogen-bond acceptors (Lipinski definition) is 5. The van der Waals surface area contributed by atoms with Crippen molar-refractivity contribution in [2.24, 2.45) is 0 Å². The van der Waals surface area contributed by atoms with Gasteiger partial charge in [0, 0.05) is 25.5 Å². The normalized spacial score (nSPS) is 11.0. The van der Waals surface area contributed by atoms with Gasteiger partial charge >= 0.3 is 0 Å². The van der Waals surface area contributed by atoms with Gasteiger partial charge in [-0.3, -0.25) is 9.69 Å². The molecule has 0 atom stereocenters. The summed E-state index contributed by atoms with van der Waals surface area (Å²) in [5.74, 6) is 0.565. The number of thiazole rings is 1. The number of carbonyl (C=O) groups is 1. The Morgan fingerprint density at radius 3 is 2.87 bits per heavy atom. The largest absolute Gasteiger partial charge is 0.483 e. The number of nitrogens with zero attached hydrogens (tertiary/aromatic N) is 4. The number of fused-ring (bicyclic) bond motifs is 1. The van der Waals surface area contributed by atoms with Crippen molar-refractivity contribution in [2.75, 3.05) is 18.1 Å². The number of carbonyl (C=O) groups excluding carboxylic acids is 1. The Bertz CT molecular complexity index is 1140. The summed E-state index contributed by atoms with van der Waals surface area (Å²) in [5, 5.41) is 1.21. The van der Waals surface area contributed by atoms with Crippen LogP contribution in [0.3, 0.4) is 0 Å². The summed E-state index contributed by atoms with van der Waals surface area (Å²) in [6.45, 7) is 3.18. The Morgan fingerprint density at radius 2 is 2.10 bits per heavy atom. The molecular formula is C22H21ClN4O2S. The molecule has 0 aliphatic heterocycles. The van der Waals surface area contributed by atoms with Gasteiger partial charge in [0.05, 0.1) is 16.0 Å². The van der Waals surface area contributed by atoms with Crippen LogP contribution in [0.25, 0.3) is 10.2 Å². The fourth-order valence-corrected chi connectivity index (χ4v) is 4.42. The molecule has 0 fully saturated rings.